The van der Waals surface area contributed by atoms with Crippen LogP contribution in [-0.2, 0) is 11.3 Å². The first-order chi connectivity index (χ1) is 8.58. The first-order valence-corrected chi connectivity index (χ1v) is 6.56. The Kier molecular flexibility index (Phi) is 5.99. The molecule has 1 aromatic rings. The van der Waals surface area contributed by atoms with Crippen LogP contribution in [0.5, 0.6) is 5.75 Å². The van der Waals surface area contributed by atoms with Gasteiger partial charge in [0.15, 0.2) is 0 Å². The molecule has 0 saturated carbocycles. The number of nitrogens with one attached hydrogen (secondary N) is 1. The molecule has 0 aliphatic carbocycles. The number of rotatable bonds is 6. The van der Waals surface area contributed by atoms with Crippen molar-refractivity contribution in [1.82, 2.24) is 5.32 Å². The first-order valence-electron chi connectivity index (χ1n) is 6.18. The van der Waals surface area contributed by atoms with Gasteiger partial charge in [0, 0.05) is 23.6 Å². The van der Waals surface area contributed by atoms with E-state index in [0.29, 0.717) is 18.0 Å². The number of hydrogen-bond donors (Lipinski definition) is 1. The molecule has 0 aliphatic rings. The summed E-state index contributed by atoms with van der Waals surface area (Å²) in [6, 6.07) is 3.68. The quantitative estimate of drug-likeness (QED) is 0.859. The summed E-state index contributed by atoms with van der Waals surface area (Å²) in [5, 5.41) is 3.54. The summed E-state index contributed by atoms with van der Waals surface area (Å²) in [6.45, 7) is 4.46. The first kappa shape index (κ1) is 14.8. The molecule has 4 heteroatoms. The van der Waals surface area contributed by atoms with E-state index in [0.717, 1.165) is 29.7 Å². The molecular formula is C14H20ClNO2. The number of halogens is 1. The molecule has 0 fully saturated rings. The van der Waals surface area contributed by atoms with E-state index >= 15 is 0 Å². The van der Waals surface area contributed by atoms with Crippen LogP contribution in [0.25, 0.3) is 0 Å². The Morgan fingerprint density at radius 2 is 2.17 bits per heavy atom. The van der Waals surface area contributed by atoms with Gasteiger partial charge in [0.2, 0.25) is 5.91 Å². The van der Waals surface area contributed by atoms with Gasteiger partial charge in [-0.2, -0.15) is 0 Å². The summed E-state index contributed by atoms with van der Waals surface area (Å²) >= 11 is 6.01. The summed E-state index contributed by atoms with van der Waals surface area (Å²) < 4.78 is 5.33. The van der Waals surface area contributed by atoms with E-state index in [1.165, 1.54) is 0 Å². The highest BCUT2D eigenvalue weighted by Gasteiger charge is 2.09. The molecule has 0 bridgehead atoms. The van der Waals surface area contributed by atoms with Crippen molar-refractivity contribution in [3.05, 3.63) is 28.3 Å². The van der Waals surface area contributed by atoms with E-state index in [2.05, 4.69) is 12.2 Å². The summed E-state index contributed by atoms with van der Waals surface area (Å²) in [7, 11) is 1.62. The molecule has 1 aromatic carbocycles. The summed E-state index contributed by atoms with van der Waals surface area (Å²) in [4.78, 5) is 11.6. The normalized spacial score (nSPS) is 10.2. The zero-order valence-electron chi connectivity index (χ0n) is 11.2. The fraction of sp³-hybridized carbons (Fsp3) is 0.500. The van der Waals surface area contributed by atoms with Crippen LogP contribution in [0.1, 0.15) is 37.3 Å². The van der Waals surface area contributed by atoms with E-state index in [1.807, 2.05) is 19.1 Å². The van der Waals surface area contributed by atoms with Crippen molar-refractivity contribution in [2.45, 2.75) is 39.7 Å². The number of benzene rings is 1. The third-order valence-electron chi connectivity index (χ3n) is 2.75. The lowest BCUT2D eigenvalue weighted by atomic mass is 10.1. The molecule has 18 heavy (non-hydrogen) atoms. The lowest BCUT2D eigenvalue weighted by Crippen LogP contribution is -2.22. The van der Waals surface area contributed by atoms with Gasteiger partial charge in [0.25, 0.3) is 0 Å². The van der Waals surface area contributed by atoms with Gasteiger partial charge < -0.3 is 10.1 Å². The fourth-order valence-corrected chi connectivity index (χ4v) is 2.14. The molecule has 0 aliphatic heterocycles. The average Bonchev–Trinajstić information content (AvgIpc) is 2.33. The zero-order chi connectivity index (χ0) is 13.5. The maximum Gasteiger partial charge on any atom is 0.220 e. The van der Waals surface area contributed by atoms with Gasteiger partial charge in [-0.05, 0) is 31.0 Å². The molecule has 1 amide bonds. The second-order valence-corrected chi connectivity index (χ2v) is 4.73. The Hall–Kier alpha value is -1.22. The molecule has 100 valence electrons. The van der Waals surface area contributed by atoms with Gasteiger partial charge in [-0.3, -0.25) is 4.79 Å². The summed E-state index contributed by atoms with van der Waals surface area (Å²) in [5.41, 5.74) is 1.88. The Balaban J connectivity index is 2.69. The Morgan fingerprint density at radius 1 is 1.44 bits per heavy atom. The van der Waals surface area contributed by atoms with Gasteiger partial charge >= 0.3 is 0 Å². The van der Waals surface area contributed by atoms with Crippen LogP contribution < -0.4 is 10.1 Å². The van der Waals surface area contributed by atoms with Gasteiger partial charge in [0.1, 0.15) is 5.75 Å². The molecule has 0 radical (unpaired) electrons. The topological polar surface area (TPSA) is 38.3 Å². The van der Waals surface area contributed by atoms with Crippen LogP contribution in [0.4, 0.5) is 0 Å². The SMILES string of the molecule is CCCCC(=O)NCc1cc(Cl)cc(C)c1OC. The molecule has 0 spiro atoms. The summed E-state index contributed by atoms with van der Waals surface area (Å²) in [6.07, 6.45) is 2.50. The van der Waals surface area contributed by atoms with E-state index in [4.69, 9.17) is 16.3 Å². The number of methoxy groups -OCH3 is 1. The standard InChI is InChI=1S/C14H20ClNO2/c1-4-5-6-13(17)16-9-11-8-12(15)7-10(2)14(11)18-3/h7-8H,4-6,9H2,1-3H3,(H,16,17). The van der Waals surface area contributed by atoms with E-state index in [-0.39, 0.29) is 5.91 Å². The molecule has 0 unspecified atom stereocenters. The van der Waals surface area contributed by atoms with Crippen LogP contribution >= 0.6 is 11.6 Å². The highest BCUT2D eigenvalue weighted by molar-refractivity contribution is 6.30. The lowest BCUT2D eigenvalue weighted by Gasteiger charge is -2.13. The molecule has 3 nitrogen and oxygen atoms in total. The number of hydrogen-bond acceptors (Lipinski definition) is 2. The van der Waals surface area contributed by atoms with Crippen LogP contribution in [0.2, 0.25) is 5.02 Å². The van der Waals surface area contributed by atoms with Crippen molar-refractivity contribution in [3.63, 3.8) is 0 Å². The van der Waals surface area contributed by atoms with Crippen LogP contribution in [0.15, 0.2) is 12.1 Å². The fourth-order valence-electron chi connectivity index (χ4n) is 1.84. The maximum atomic E-state index is 11.6. The summed E-state index contributed by atoms with van der Waals surface area (Å²) in [5.74, 6) is 0.853. The smallest absolute Gasteiger partial charge is 0.220 e. The molecule has 1 N–H and O–H groups in total. The number of carbonyl (C=O) groups is 1. The van der Waals surface area contributed by atoms with E-state index < -0.39 is 0 Å². The van der Waals surface area contributed by atoms with Gasteiger partial charge in [0.05, 0.1) is 7.11 Å². The van der Waals surface area contributed by atoms with Crippen molar-refractivity contribution in [1.29, 1.82) is 0 Å². The minimum absolute atomic E-state index is 0.0662. The molecular weight excluding hydrogens is 250 g/mol. The van der Waals surface area contributed by atoms with Crippen molar-refractivity contribution in [2.24, 2.45) is 0 Å². The predicted octanol–water partition coefficient (Wildman–Crippen LogP) is 3.46. The predicted molar refractivity (Wildman–Crippen MR) is 74.1 cm³/mol. The number of ether oxygens (including phenoxy) is 1. The lowest BCUT2D eigenvalue weighted by molar-refractivity contribution is -0.121. The van der Waals surface area contributed by atoms with Gasteiger partial charge in [-0.15, -0.1) is 0 Å². The molecule has 0 heterocycles. The van der Waals surface area contributed by atoms with Gasteiger partial charge in [-0.25, -0.2) is 0 Å². The highest BCUT2D eigenvalue weighted by atomic mass is 35.5. The monoisotopic (exact) mass is 269 g/mol. The minimum atomic E-state index is 0.0662. The van der Waals surface area contributed by atoms with Crippen molar-refractivity contribution >= 4 is 17.5 Å². The van der Waals surface area contributed by atoms with E-state index in [9.17, 15) is 4.79 Å². The maximum absolute atomic E-state index is 11.6. The Labute approximate surface area is 113 Å². The molecule has 0 saturated heterocycles. The Morgan fingerprint density at radius 3 is 2.78 bits per heavy atom. The highest BCUT2D eigenvalue weighted by Crippen LogP contribution is 2.27. The number of unbranched alkanes of at least 4 members (excludes halogenated alkanes) is 1. The van der Waals surface area contributed by atoms with Crippen molar-refractivity contribution < 1.29 is 9.53 Å². The molecule has 0 atom stereocenters. The Bertz CT molecular complexity index is 419. The van der Waals surface area contributed by atoms with Crippen LogP contribution in [0.3, 0.4) is 0 Å². The van der Waals surface area contributed by atoms with Crippen LogP contribution in [-0.4, -0.2) is 13.0 Å². The minimum Gasteiger partial charge on any atom is -0.496 e. The second-order valence-electron chi connectivity index (χ2n) is 4.30. The largest absolute Gasteiger partial charge is 0.496 e. The third kappa shape index (κ3) is 4.22. The third-order valence-corrected chi connectivity index (χ3v) is 2.97. The van der Waals surface area contributed by atoms with E-state index in [1.54, 1.807) is 7.11 Å². The number of aryl methyl sites for hydroxylation is 1. The van der Waals surface area contributed by atoms with Gasteiger partial charge in [-0.1, -0.05) is 24.9 Å². The number of carbonyl (C=O) groups excluding carboxylic acids is 1. The van der Waals surface area contributed by atoms with Crippen molar-refractivity contribution in [3.8, 4) is 5.75 Å². The van der Waals surface area contributed by atoms with Crippen molar-refractivity contribution in [2.75, 3.05) is 7.11 Å². The average molecular weight is 270 g/mol. The second kappa shape index (κ2) is 7.27. The zero-order valence-corrected chi connectivity index (χ0v) is 11.9. The van der Waals surface area contributed by atoms with Crippen LogP contribution in [0, 0.1) is 6.92 Å². The number of amides is 1. The molecule has 1 rings (SSSR count). The molecule has 0 aromatic heterocycles.